The molecule has 1 atom stereocenters. The number of benzene rings is 2. The average molecular weight is 617 g/mol. The van der Waals surface area contributed by atoms with Crippen LogP contribution in [0.1, 0.15) is 25.0 Å². The molecule has 0 saturated heterocycles. The highest BCUT2D eigenvalue weighted by atomic mass is 31.2. The summed E-state index contributed by atoms with van der Waals surface area (Å²) in [6.07, 6.45) is 9.03. The van der Waals surface area contributed by atoms with Crippen molar-refractivity contribution in [3.63, 3.8) is 0 Å². The number of allylic oxidation sites excluding steroid dienone is 3. The lowest BCUT2D eigenvalue weighted by atomic mass is 10.2. The van der Waals surface area contributed by atoms with Gasteiger partial charge in [0.1, 0.15) is 12.0 Å². The fourth-order valence-corrected chi connectivity index (χ4v) is 4.13. The van der Waals surface area contributed by atoms with Crippen LogP contribution < -0.4 is 10.6 Å². The van der Waals surface area contributed by atoms with Crippen LogP contribution in [0.5, 0.6) is 0 Å². The van der Waals surface area contributed by atoms with Crippen LogP contribution in [0.25, 0.3) is 12.2 Å². The van der Waals surface area contributed by atoms with E-state index in [0.717, 1.165) is 38.7 Å². The van der Waals surface area contributed by atoms with Crippen molar-refractivity contribution < 1.29 is 47.1 Å². The molecule has 2 aromatic rings. The predicted molar refractivity (Wildman–Crippen MR) is 162 cm³/mol. The van der Waals surface area contributed by atoms with E-state index in [9.17, 15) is 28.5 Å². The van der Waals surface area contributed by atoms with Gasteiger partial charge in [-0.15, -0.1) is 0 Å². The third kappa shape index (κ3) is 16.4. The second-order valence-corrected chi connectivity index (χ2v) is 10.3. The molecular weight excluding hydrogens is 579 g/mol. The molecule has 0 radical (unpaired) electrons. The van der Waals surface area contributed by atoms with Crippen molar-refractivity contribution in [1.82, 2.24) is 10.6 Å². The van der Waals surface area contributed by atoms with E-state index in [1.54, 1.807) is 12.2 Å². The largest absolute Gasteiger partial charge is 0.467 e. The van der Waals surface area contributed by atoms with E-state index in [-0.39, 0.29) is 11.6 Å². The van der Waals surface area contributed by atoms with Gasteiger partial charge in [0.2, 0.25) is 17.6 Å². The number of aldehydes is 1. The molecule has 232 valence electrons. The smallest absolute Gasteiger partial charge is 0.363 e. The third-order valence-corrected chi connectivity index (χ3v) is 6.81. The predicted octanol–water partition coefficient (Wildman–Crippen LogP) is 3.90. The maximum Gasteiger partial charge on any atom is 0.363 e. The molecular formula is C30H37N2O10P. The minimum absolute atomic E-state index is 0.109. The number of ether oxygens (including phenoxy) is 2. The molecule has 0 aromatic heterocycles. The Balaban J connectivity index is 0.000000640. The first kappa shape index (κ1) is 38.4. The van der Waals surface area contributed by atoms with E-state index in [4.69, 9.17) is 0 Å². The fourth-order valence-electron chi connectivity index (χ4n) is 2.85. The SMILES string of the molecule is COC(=O)/C(=C/C=C/c1ccccc1)NC(C)=O.COC(=O)C(NC(C)=O)P(=O)(OC)OC.O=C/C=C/c1ccccc1. The molecule has 0 aliphatic carbocycles. The summed E-state index contributed by atoms with van der Waals surface area (Å²) in [5.74, 6) is -3.78. The number of amides is 2. The lowest BCUT2D eigenvalue weighted by Gasteiger charge is -2.22. The molecule has 2 amide bonds. The molecule has 2 N–H and O–H groups in total. The molecule has 0 fully saturated rings. The average Bonchev–Trinajstić information content (AvgIpc) is 3.02. The molecule has 0 bridgehead atoms. The third-order valence-electron chi connectivity index (χ3n) is 4.82. The van der Waals surface area contributed by atoms with Crippen LogP contribution in [-0.4, -0.2) is 64.3 Å². The van der Waals surface area contributed by atoms with Crippen molar-refractivity contribution in [2.24, 2.45) is 0 Å². The normalized spacial score (nSPS) is 11.6. The Hall–Kier alpha value is -4.64. The zero-order valence-electron chi connectivity index (χ0n) is 24.8. The van der Waals surface area contributed by atoms with Gasteiger partial charge in [-0.25, -0.2) is 9.59 Å². The Morgan fingerprint density at radius 1 is 0.744 bits per heavy atom. The monoisotopic (exact) mass is 616 g/mol. The highest BCUT2D eigenvalue weighted by Gasteiger charge is 2.41. The molecule has 12 nitrogen and oxygen atoms in total. The quantitative estimate of drug-likeness (QED) is 0.124. The summed E-state index contributed by atoms with van der Waals surface area (Å²) in [6.45, 7) is 2.50. The highest BCUT2D eigenvalue weighted by molar-refractivity contribution is 7.55. The van der Waals surface area contributed by atoms with Crippen LogP contribution in [0.3, 0.4) is 0 Å². The minimum atomic E-state index is -3.72. The fraction of sp³-hybridized carbons (Fsp3) is 0.233. The van der Waals surface area contributed by atoms with E-state index in [1.165, 1.54) is 33.1 Å². The van der Waals surface area contributed by atoms with Gasteiger partial charge in [-0.05, 0) is 23.3 Å². The lowest BCUT2D eigenvalue weighted by Crippen LogP contribution is -2.40. The summed E-state index contributed by atoms with van der Waals surface area (Å²) >= 11 is 0. The number of rotatable bonds is 11. The molecule has 0 spiro atoms. The van der Waals surface area contributed by atoms with Gasteiger partial charge in [0.05, 0.1) is 14.2 Å². The molecule has 2 aromatic carbocycles. The number of hydrogen-bond acceptors (Lipinski definition) is 10. The van der Waals surface area contributed by atoms with Gasteiger partial charge in [-0.1, -0.05) is 78.9 Å². The van der Waals surface area contributed by atoms with Crippen molar-refractivity contribution >= 4 is 49.8 Å². The maximum absolute atomic E-state index is 11.8. The van der Waals surface area contributed by atoms with Crippen molar-refractivity contribution in [3.05, 3.63) is 95.7 Å². The Kier molecular flexibility index (Phi) is 19.6. The molecule has 0 saturated carbocycles. The Morgan fingerprint density at radius 3 is 1.60 bits per heavy atom. The first-order chi connectivity index (χ1) is 20.5. The molecule has 2 rings (SSSR count). The van der Waals surface area contributed by atoms with Gasteiger partial charge in [0.25, 0.3) is 0 Å². The second-order valence-electron chi connectivity index (χ2n) is 7.96. The molecule has 0 aliphatic heterocycles. The molecule has 0 heterocycles. The Morgan fingerprint density at radius 2 is 1.23 bits per heavy atom. The van der Waals surface area contributed by atoms with E-state index in [2.05, 4.69) is 29.2 Å². The molecule has 0 aliphatic rings. The summed E-state index contributed by atoms with van der Waals surface area (Å²) in [4.78, 5) is 54.2. The van der Waals surface area contributed by atoms with Gasteiger partial charge < -0.3 is 29.2 Å². The molecule has 1 unspecified atom stereocenters. The number of hydrogen-bond donors (Lipinski definition) is 2. The van der Waals surface area contributed by atoms with Gasteiger partial charge in [-0.3, -0.25) is 18.9 Å². The summed E-state index contributed by atoms with van der Waals surface area (Å²) in [5.41, 5.74) is 2.16. The van der Waals surface area contributed by atoms with E-state index in [1.807, 2.05) is 66.7 Å². The number of carbonyl (C=O) groups excluding carboxylic acids is 5. The van der Waals surface area contributed by atoms with Crippen molar-refractivity contribution in [3.8, 4) is 0 Å². The minimum Gasteiger partial charge on any atom is -0.467 e. The van der Waals surface area contributed by atoms with Crippen molar-refractivity contribution in [2.45, 2.75) is 19.6 Å². The summed E-state index contributed by atoms with van der Waals surface area (Å²) in [5, 5.41) is 4.56. The number of esters is 2. The first-order valence-electron chi connectivity index (χ1n) is 12.5. The zero-order chi connectivity index (χ0) is 32.7. The number of nitrogens with one attached hydrogen (secondary N) is 2. The second kappa shape index (κ2) is 22.0. The van der Waals surface area contributed by atoms with Crippen LogP contribution in [0.4, 0.5) is 0 Å². The number of carbonyl (C=O) groups is 5. The zero-order valence-corrected chi connectivity index (χ0v) is 25.7. The van der Waals surface area contributed by atoms with Crippen LogP contribution in [0, 0.1) is 0 Å². The summed E-state index contributed by atoms with van der Waals surface area (Å²) < 4.78 is 29.9. The first-order valence-corrected chi connectivity index (χ1v) is 14.1. The standard InChI is InChI=1S/C14H15NO3.C9H8O.C7H14NO6P/c1-11(16)15-13(14(17)18-2)10-6-9-12-7-4-3-5-8-12;10-8-4-7-9-5-2-1-3-6-9;1-5(9)8-6(7(10)12-2)15(11,13-3)14-4/h3-10H,1-2H3,(H,15,16);1-8H;6H,1-4H3,(H,8,9)/b9-6+,13-10-;7-4+;. The topological polar surface area (TPSA) is 163 Å². The number of methoxy groups -OCH3 is 2. The molecule has 13 heteroatoms. The van der Waals surface area contributed by atoms with E-state index >= 15 is 0 Å². The molecule has 43 heavy (non-hydrogen) atoms. The summed E-state index contributed by atoms with van der Waals surface area (Å²) in [6, 6.07) is 19.3. The van der Waals surface area contributed by atoms with Gasteiger partial charge in [0.15, 0.2) is 0 Å². The lowest BCUT2D eigenvalue weighted by molar-refractivity contribution is -0.142. The van der Waals surface area contributed by atoms with Crippen molar-refractivity contribution in [1.29, 1.82) is 0 Å². The van der Waals surface area contributed by atoms with Crippen LogP contribution in [0.15, 0.2) is 84.6 Å². The maximum atomic E-state index is 11.8. The van der Waals surface area contributed by atoms with Gasteiger partial charge >= 0.3 is 19.5 Å². The van der Waals surface area contributed by atoms with Gasteiger partial charge in [0, 0.05) is 28.1 Å². The van der Waals surface area contributed by atoms with E-state index < -0.39 is 31.2 Å². The van der Waals surface area contributed by atoms with Crippen LogP contribution in [0.2, 0.25) is 0 Å². The Bertz CT molecular complexity index is 1300. The highest BCUT2D eigenvalue weighted by Crippen LogP contribution is 2.50. The van der Waals surface area contributed by atoms with Crippen LogP contribution >= 0.6 is 7.60 Å². The Labute approximate surface area is 251 Å². The van der Waals surface area contributed by atoms with Gasteiger partial charge in [-0.2, -0.15) is 0 Å². The summed E-state index contributed by atoms with van der Waals surface area (Å²) in [7, 11) is 0.869. The van der Waals surface area contributed by atoms with E-state index in [0.29, 0.717) is 0 Å². The van der Waals surface area contributed by atoms with Crippen molar-refractivity contribution in [2.75, 3.05) is 28.4 Å². The van der Waals surface area contributed by atoms with Crippen LogP contribution in [-0.2, 0) is 47.1 Å².